The van der Waals surface area contributed by atoms with Crippen molar-refractivity contribution >= 4 is 34.2 Å². The zero-order valence-corrected chi connectivity index (χ0v) is 16.3. The van der Waals surface area contributed by atoms with E-state index in [2.05, 4.69) is 10.6 Å². The van der Waals surface area contributed by atoms with Crippen LogP contribution in [0.5, 0.6) is 5.75 Å². The molecule has 0 fully saturated rings. The maximum Gasteiger partial charge on any atom is 0.291 e. The predicted molar refractivity (Wildman–Crippen MR) is 116 cm³/mol. The second kappa shape index (κ2) is 8.53. The van der Waals surface area contributed by atoms with Crippen molar-refractivity contribution in [2.24, 2.45) is 0 Å². The molecule has 150 valence electrons. The molecule has 6 heteroatoms. The molecule has 2 N–H and O–H groups in total. The lowest BCUT2D eigenvalue weighted by atomic mass is 10.1. The van der Waals surface area contributed by atoms with E-state index in [0.717, 1.165) is 5.39 Å². The Labute approximate surface area is 173 Å². The van der Waals surface area contributed by atoms with Gasteiger partial charge in [0.15, 0.2) is 5.76 Å². The molecule has 0 saturated heterocycles. The molecule has 0 aliphatic carbocycles. The van der Waals surface area contributed by atoms with Gasteiger partial charge in [0, 0.05) is 29.2 Å². The molecule has 4 aromatic rings. The van der Waals surface area contributed by atoms with E-state index in [0.29, 0.717) is 28.3 Å². The fourth-order valence-corrected chi connectivity index (χ4v) is 3.16. The Morgan fingerprint density at radius 1 is 0.867 bits per heavy atom. The first-order valence-corrected chi connectivity index (χ1v) is 9.47. The smallest absolute Gasteiger partial charge is 0.291 e. The highest BCUT2D eigenvalue weighted by Gasteiger charge is 2.21. The Bertz CT molecular complexity index is 1200. The van der Waals surface area contributed by atoms with Gasteiger partial charge in [0.05, 0.1) is 0 Å². The fourth-order valence-electron chi connectivity index (χ4n) is 3.16. The second-order valence-electron chi connectivity index (χ2n) is 6.72. The minimum Gasteiger partial charge on any atom is -0.489 e. The minimum absolute atomic E-state index is 0.184. The molecular weight excluding hydrogens is 380 g/mol. The molecule has 0 radical (unpaired) electrons. The van der Waals surface area contributed by atoms with Crippen molar-refractivity contribution in [3.63, 3.8) is 0 Å². The molecule has 1 heterocycles. The number of furan rings is 1. The molecule has 0 aliphatic heterocycles. The number of nitrogens with one attached hydrogen (secondary N) is 2. The number of amides is 2. The largest absolute Gasteiger partial charge is 0.489 e. The van der Waals surface area contributed by atoms with Gasteiger partial charge in [-0.05, 0) is 36.4 Å². The molecule has 0 aliphatic rings. The summed E-state index contributed by atoms with van der Waals surface area (Å²) < 4.78 is 11.7. The third-order valence-corrected chi connectivity index (χ3v) is 4.47. The molecule has 0 spiro atoms. The molecule has 6 nitrogen and oxygen atoms in total. The molecule has 0 unspecified atom stereocenters. The Kier molecular flexibility index (Phi) is 5.48. The summed E-state index contributed by atoms with van der Waals surface area (Å²) in [6.07, 6.45) is 0. The van der Waals surface area contributed by atoms with E-state index in [9.17, 15) is 9.59 Å². The SMILES string of the molecule is CC(=O)Nc1cccc(NC(=O)c2oc3ccccc3c2COc2ccccc2)c1. The first kappa shape index (κ1) is 19.3. The van der Waals surface area contributed by atoms with Gasteiger partial charge < -0.3 is 19.8 Å². The number of anilines is 2. The average molecular weight is 400 g/mol. The quantitative estimate of drug-likeness (QED) is 0.465. The monoisotopic (exact) mass is 400 g/mol. The van der Waals surface area contributed by atoms with Gasteiger partial charge in [-0.3, -0.25) is 9.59 Å². The maximum atomic E-state index is 13.0. The van der Waals surface area contributed by atoms with Crippen molar-refractivity contribution < 1.29 is 18.7 Å². The summed E-state index contributed by atoms with van der Waals surface area (Å²) in [6.45, 7) is 1.62. The average Bonchev–Trinajstić information content (AvgIpc) is 3.11. The molecule has 0 bridgehead atoms. The number of hydrogen-bond donors (Lipinski definition) is 2. The molecule has 2 amide bonds. The summed E-state index contributed by atoms with van der Waals surface area (Å²) in [5.74, 6) is 0.322. The van der Waals surface area contributed by atoms with E-state index >= 15 is 0 Å². The molecule has 0 atom stereocenters. The van der Waals surface area contributed by atoms with Crippen LogP contribution in [-0.4, -0.2) is 11.8 Å². The third kappa shape index (κ3) is 4.33. The molecule has 0 saturated carbocycles. The predicted octanol–water partition coefficient (Wildman–Crippen LogP) is 5.22. The van der Waals surface area contributed by atoms with Crippen molar-refractivity contribution in [2.45, 2.75) is 13.5 Å². The molecular formula is C24H20N2O4. The van der Waals surface area contributed by atoms with E-state index in [1.165, 1.54) is 6.92 Å². The van der Waals surface area contributed by atoms with E-state index in [4.69, 9.17) is 9.15 Å². The van der Waals surface area contributed by atoms with Crippen LogP contribution in [0.25, 0.3) is 11.0 Å². The Morgan fingerprint density at radius 2 is 1.57 bits per heavy atom. The van der Waals surface area contributed by atoms with Crippen molar-refractivity contribution in [1.82, 2.24) is 0 Å². The van der Waals surface area contributed by atoms with Gasteiger partial charge in [-0.1, -0.05) is 42.5 Å². The number of para-hydroxylation sites is 2. The highest BCUT2D eigenvalue weighted by Crippen LogP contribution is 2.28. The molecule has 3 aromatic carbocycles. The van der Waals surface area contributed by atoms with E-state index in [1.54, 1.807) is 24.3 Å². The number of fused-ring (bicyclic) bond motifs is 1. The van der Waals surface area contributed by atoms with Gasteiger partial charge in [-0.25, -0.2) is 0 Å². The zero-order valence-electron chi connectivity index (χ0n) is 16.3. The van der Waals surface area contributed by atoms with Gasteiger partial charge >= 0.3 is 0 Å². The Morgan fingerprint density at radius 3 is 2.33 bits per heavy atom. The summed E-state index contributed by atoms with van der Waals surface area (Å²) in [6, 6.07) is 23.8. The molecule has 1 aromatic heterocycles. The molecule has 4 rings (SSSR count). The van der Waals surface area contributed by atoms with Crippen LogP contribution in [0.1, 0.15) is 23.0 Å². The molecule has 30 heavy (non-hydrogen) atoms. The maximum absolute atomic E-state index is 13.0. The first-order valence-electron chi connectivity index (χ1n) is 9.47. The number of rotatable bonds is 6. The van der Waals surface area contributed by atoms with Crippen LogP contribution in [-0.2, 0) is 11.4 Å². The van der Waals surface area contributed by atoms with Crippen LogP contribution >= 0.6 is 0 Å². The summed E-state index contributed by atoms with van der Waals surface area (Å²) in [5, 5.41) is 6.35. The van der Waals surface area contributed by atoms with E-state index in [-0.39, 0.29) is 18.3 Å². The number of ether oxygens (including phenoxy) is 1. The third-order valence-electron chi connectivity index (χ3n) is 4.47. The standard InChI is InChI=1S/C24H20N2O4/c1-16(27)25-17-8-7-9-18(14-17)26-24(28)23-21(15-29-19-10-3-2-4-11-19)20-12-5-6-13-22(20)30-23/h2-14H,15H2,1H3,(H,25,27)(H,26,28). The van der Waals surface area contributed by atoms with E-state index in [1.807, 2.05) is 54.6 Å². The van der Waals surface area contributed by atoms with Crippen LogP contribution in [0.2, 0.25) is 0 Å². The van der Waals surface area contributed by atoms with Crippen molar-refractivity contribution in [1.29, 1.82) is 0 Å². The highest BCUT2D eigenvalue weighted by molar-refractivity contribution is 6.06. The van der Waals surface area contributed by atoms with Gasteiger partial charge in [0.1, 0.15) is 17.9 Å². The fraction of sp³-hybridized carbons (Fsp3) is 0.0833. The van der Waals surface area contributed by atoms with Gasteiger partial charge in [-0.2, -0.15) is 0 Å². The van der Waals surface area contributed by atoms with Crippen molar-refractivity contribution in [2.75, 3.05) is 10.6 Å². The number of hydrogen-bond acceptors (Lipinski definition) is 4. The number of carbonyl (C=O) groups excluding carboxylic acids is 2. The van der Waals surface area contributed by atoms with Crippen molar-refractivity contribution in [3.05, 3.63) is 90.2 Å². The second-order valence-corrected chi connectivity index (χ2v) is 6.72. The topological polar surface area (TPSA) is 80.6 Å². The van der Waals surface area contributed by atoms with Crippen molar-refractivity contribution in [3.8, 4) is 5.75 Å². The minimum atomic E-state index is -0.391. The number of carbonyl (C=O) groups is 2. The zero-order chi connectivity index (χ0) is 20.9. The van der Waals surface area contributed by atoms with Crippen LogP contribution in [0.3, 0.4) is 0 Å². The highest BCUT2D eigenvalue weighted by atomic mass is 16.5. The van der Waals surface area contributed by atoms with Gasteiger partial charge in [-0.15, -0.1) is 0 Å². The van der Waals surface area contributed by atoms with Crippen LogP contribution in [0, 0.1) is 0 Å². The van der Waals surface area contributed by atoms with Crippen LogP contribution < -0.4 is 15.4 Å². The Balaban J connectivity index is 1.61. The first-order chi connectivity index (χ1) is 14.6. The summed E-state index contributed by atoms with van der Waals surface area (Å²) in [4.78, 5) is 24.3. The summed E-state index contributed by atoms with van der Waals surface area (Å²) in [5.41, 5.74) is 2.42. The van der Waals surface area contributed by atoms with Crippen LogP contribution in [0.4, 0.5) is 11.4 Å². The number of benzene rings is 3. The normalized spacial score (nSPS) is 10.6. The Hall–Kier alpha value is -4.06. The van der Waals surface area contributed by atoms with Gasteiger partial charge in [0.2, 0.25) is 5.91 Å². The lowest BCUT2D eigenvalue weighted by Crippen LogP contribution is -2.14. The van der Waals surface area contributed by atoms with E-state index < -0.39 is 5.91 Å². The van der Waals surface area contributed by atoms with Gasteiger partial charge in [0.25, 0.3) is 5.91 Å². The lowest BCUT2D eigenvalue weighted by Gasteiger charge is -2.09. The summed E-state index contributed by atoms with van der Waals surface area (Å²) in [7, 11) is 0. The summed E-state index contributed by atoms with van der Waals surface area (Å²) >= 11 is 0. The lowest BCUT2D eigenvalue weighted by molar-refractivity contribution is -0.114. The van der Waals surface area contributed by atoms with Crippen LogP contribution in [0.15, 0.2) is 83.3 Å².